The maximum atomic E-state index is 9.50. The van der Waals surface area contributed by atoms with Crippen molar-refractivity contribution in [3.05, 3.63) is 65.5 Å². The van der Waals surface area contributed by atoms with Crippen LogP contribution in [0.5, 0.6) is 0 Å². The van der Waals surface area contributed by atoms with Crippen molar-refractivity contribution in [3.8, 4) is 0 Å². The van der Waals surface area contributed by atoms with E-state index in [2.05, 4.69) is 44.7 Å². The highest BCUT2D eigenvalue weighted by Crippen LogP contribution is 2.29. The summed E-state index contributed by atoms with van der Waals surface area (Å²) < 4.78 is 11.8. The van der Waals surface area contributed by atoms with Gasteiger partial charge < -0.3 is 9.41 Å². The van der Waals surface area contributed by atoms with Gasteiger partial charge in [-0.05, 0) is 24.8 Å². The molecule has 0 aliphatic carbocycles. The summed E-state index contributed by atoms with van der Waals surface area (Å²) in [4.78, 5) is 6.99. The van der Waals surface area contributed by atoms with E-state index in [1.807, 2.05) is 26.4 Å². The number of imidazole rings is 1. The van der Waals surface area contributed by atoms with E-state index in [0.29, 0.717) is 13.2 Å². The molecule has 2 aromatic rings. The molecule has 0 saturated heterocycles. The molecule has 0 fully saturated rings. The van der Waals surface area contributed by atoms with Gasteiger partial charge in [-0.3, -0.25) is 4.39 Å². The van der Waals surface area contributed by atoms with Crippen molar-refractivity contribution in [2.24, 2.45) is 0 Å². The van der Waals surface area contributed by atoms with Gasteiger partial charge >= 0.3 is 0 Å². The first kappa shape index (κ1) is 19.9. The Hall–Kier alpha value is -2.15. The van der Waals surface area contributed by atoms with E-state index in [1.165, 1.54) is 37.6 Å². The molecule has 4 heteroatoms. The first-order valence-corrected chi connectivity index (χ1v) is 7.56. The lowest BCUT2D eigenvalue weighted by Crippen LogP contribution is -2.17. The highest BCUT2D eigenvalue weighted by atomic mass is 19.1. The second-order valence-electron chi connectivity index (χ2n) is 4.33. The number of hydrogen-bond donors (Lipinski definition) is 0. The highest BCUT2D eigenvalue weighted by molar-refractivity contribution is 5.22. The molecule has 1 aliphatic rings. The average molecular weight is 303 g/mol. The SMILES string of the molecule is CC.CF.[C-]#[N+]C.c1ccc(C2CCCc3cncn32)cc1. The highest BCUT2D eigenvalue weighted by Gasteiger charge is 2.20. The van der Waals surface area contributed by atoms with Crippen LogP contribution in [0.4, 0.5) is 4.39 Å². The van der Waals surface area contributed by atoms with Crippen molar-refractivity contribution in [1.29, 1.82) is 0 Å². The monoisotopic (exact) mass is 303 g/mol. The summed E-state index contributed by atoms with van der Waals surface area (Å²) in [5, 5.41) is 0. The quantitative estimate of drug-likeness (QED) is 0.683. The van der Waals surface area contributed by atoms with Crippen molar-refractivity contribution in [1.82, 2.24) is 9.55 Å². The molecule has 0 bridgehead atoms. The zero-order chi connectivity index (χ0) is 16.8. The lowest BCUT2D eigenvalue weighted by atomic mass is 9.96. The van der Waals surface area contributed by atoms with E-state index in [0.717, 1.165) is 0 Å². The Balaban J connectivity index is 0.000000553. The number of halogens is 1. The molecular formula is C18H26FN3. The van der Waals surface area contributed by atoms with Crippen LogP contribution < -0.4 is 0 Å². The molecule has 1 aromatic heterocycles. The molecule has 1 unspecified atom stereocenters. The molecule has 0 radical (unpaired) electrons. The fourth-order valence-corrected chi connectivity index (χ4v) is 2.42. The van der Waals surface area contributed by atoms with E-state index in [-0.39, 0.29) is 0 Å². The smallest absolute Gasteiger partial charge is 0.205 e. The third-order valence-electron chi connectivity index (χ3n) is 3.18. The lowest BCUT2D eigenvalue weighted by molar-refractivity contribution is 0.458. The number of alkyl halides is 1. The van der Waals surface area contributed by atoms with Gasteiger partial charge in [-0.15, -0.1) is 0 Å². The van der Waals surface area contributed by atoms with Crippen molar-refractivity contribution in [2.75, 3.05) is 14.2 Å². The van der Waals surface area contributed by atoms with Gasteiger partial charge in [-0.1, -0.05) is 44.2 Å². The molecule has 1 aliphatic heterocycles. The molecular weight excluding hydrogens is 277 g/mol. The summed E-state index contributed by atoms with van der Waals surface area (Å²) >= 11 is 0. The molecule has 2 heterocycles. The molecule has 0 amide bonds. The van der Waals surface area contributed by atoms with E-state index in [4.69, 9.17) is 6.57 Å². The number of nitrogens with zero attached hydrogens (tertiary/aromatic N) is 3. The second kappa shape index (κ2) is 12.6. The Morgan fingerprint density at radius 2 is 1.82 bits per heavy atom. The van der Waals surface area contributed by atoms with Gasteiger partial charge in [0.15, 0.2) is 0 Å². The standard InChI is InChI=1S/C13H14N2.C2H3N.C2H6.CH3F/c1-2-5-11(6-3-1)13-8-4-7-12-9-14-10-15(12)13;1-3-2;2*1-2/h1-3,5-6,9-10,13H,4,7-8H2;1H3;1-2H3;1H3. The van der Waals surface area contributed by atoms with Gasteiger partial charge in [-0.2, -0.15) is 0 Å². The molecule has 0 saturated carbocycles. The van der Waals surface area contributed by atoms with Crippen LogP contribution in [0.1, 0.15) is 44.0 Å². The minimum absolute atomic E-state index is 0.498. The molecule has 1 aromatic carbocycles. The minimum atomic E-state index is 0.498. The fourth-order valence-electron chi connectivity index (χ4n) is 2.42. The second-order valence-corrected chi connectivity index (χ2v) is 4.33. The van der Waals surface area contributed by atoms with Crippen LogP contribution in [0.15, 0.2) is 42.9 Å². The van der Waals surface area contributed by atoms with Crippen molar-refractivity contribution in [3.63, 3.8) is 0 Å². The van der Waals surface area contributed by atoms with Crippen molar-refractivity contribution >= 4 is 0 Å². The van der Waals surface area contributed by atoms with Gasteiger partial charge in [0, 0.05) is 11.9 Å². The van der Waals surface area contributed by atoms with Gasteiger partial charge in [0.05, 0.1) is 19.5 Å². The summed E-state index contributed by atoms with van der Waals surface area (Å²) in [6.07, 6.45) is 7.63. The van der Waals surface area contributed by atoms with E-state index >= 15 is 0 Å². The fraction of sp³-hybridized carbons (Fsp3) is 0.444. The predicted molar refractivity (Wildman–Crippen MR) is 90.7 cm³/mol. The summed E-state index contributed by atoms with van der Waals surface area (Å²) in [7, 11) is 1.92. The lowest BCUT2D eigenvalue weighted by Gasteiger charge is -2.25. The molecule has 0 spiro atoms. The maximum absolute atomic E-state index is 9.50. The van der Waals surface area contributed by atoms with Crippen LogP contribution in [0.25, 0.3) is 4.85 Å². The molecule has 1 atom stereocenters. The largest absolute Gasteiger partial charge is 0.327 e. The van der Waals surface area contributed by atoms with Crippen molar-refractivity contribution < 1.29 is 4.39 Å². The number of aryl methyl sites for hydroxylation is 1. The Morgan fingerprint density at radius 1 is 1.23 bits per heavy atom. The Bertz CT molecular complexity index is 529. The van der Waals surface area contributed by atoms with E-state index < -0.39 is 0 Å². The maximum Gasteiger partial charge on any atom is 0.205 e. The minimum Gasteiger partial charge on any atom is -0.327 e. The van der Waals surface area contributed by atoms with Crippen LogP contribution >= 0.6 is 0 Å². The average Bonchev–Trinajstić information content (AvgIpc) is 3.09. The van der Waals surface area contributed by atoms with Crippen LogP contribution in [0, 0.1) is 6.57 Å². The predicted octanol–water partition coefficient (Wildman–Crippen LogP) is 4.96. The normalized spacial score (nSPS) is 14.5. The first-order valence-electron chi connectivity index (χ1n) is 7.56. The number of hydrogen-bond acceptors (Lipinski definition) is 1. The first-order chi connectivity index (χ1) is 10.9. The van der Waals surface area contributed by atoms with Crippen LogP contribution in [-0.4, -0.2) is 23.8 Å². The van der Waals surface area contributed by atoms with Crippen LogP contribution in [0.3, 0.4) is 0 Å². The number of fused-ring (bicyclic) bond motifs is 1. The summed E-state index contributed by atoms with van der Waals surface area (Å²) in [5.74, 6) is 0. The van der Waals surface area contributed by atoms with Crippen molar-refractivity contribution in [2.45, 2.75) is 39.2 Å². The summed E-state index contributed by atoms with van der Waals surface area (Å²) in [6, 6.07) is 11.2. The Morgan fingerprint density at radius 3 is 2.41 bits per heavy atom. The molecule has 120 valence electrons. The number of aromatic nitrogens is 2. The number of benzene rings is 1. The van der Waals surface area contributed by atoms with Crippen LogP contribution in [-0.2, 0) is 6.42 Å². The molecule has 3 rings (SSSR count). The van der Waals surface area contributed by atoms with Gasteiger partial charge in [0.25, 0.3) is 0 Å². The topological polar surface area (TPSA) is 22.2 Å². The number of rotatable bonds is 1. The summed E-state index contributed by atoms with van der Waals surface area (Å²) in [5.41, 5.74) is 2.77. The zero-order valence-electron chi connectivity index (χ0n) is 14.0. The Labute approximate surface area is 133 Å². The summed E-state index contributed by atoms with van der Waals surface area (Å²) in [6.45, 7) is 9.83. The molecule has 3 nitrogen and oxygen atoms in total. The van der Waals surface area contributed by atoms with E-state index in [1.54, 1.807) is 0 Å². The third kappa shape index (κ3) is 5.69. The molecule has 22 heavy (non-hydrogen) atoms. The van der Waals surface area contributed by atoms with Gasteiger partial charge in [-0.25, -0.2) is 11.6 Å². The zero-order valence-corrected chi connectivity index (χ0v) is 14.0. The molecule has 0 N–H and O–H groups in total. The third-order valence-corrected chi connectivity index (χ3v) is 3.18. The van der Waals surface area contributed by atoms with Gasteiger partial charge in [0.2, 0.25) is 7.05 Å². The van der Waals surface area contributed by atoms with E-state index in [9.17, 15) is 4.39 Å². The van der Waals surface area contributed by atoms with Crippen LogP contribution in [0.2, 0.25) is 0 Å². The Kier molecular flexibility index (Phi) is 11.4. The van der Waals surface area contributed by atoms with Gasteiger partial charge in [0.1, 0.15) is 0 Å².